The molecule has 0 aromatic carbocycles. The topological polar surface area (TPSA) is 38.0 Å². The second kappa shape index (κ2) is 1.77. The maximum absolute atomic E-state index is 5.39. The van der Waals surface area contributed by atoms with Crippen LogP contribution in [-0.2, 0) is 0 Å². The highest BCUT2D eigenvalue weighted by molar-refractivity contribution is 8.85. The molecule has 0 bridgehead atoms. The summed E-state index contributed by atoms with van der Waals surface area (Å²) in [6, 6.07) is 0. The fourth-order valence-corrected chi connectivity index (χ4v) is 1.81. The van der Waals surface area contributed by atoms with Crippen molar-refractivity contribution < 1.29 is 0 Å². The van der Waals surface area contributed by atoms with E-state index in [0.717, 1.165) is 0 Å². The summed E-state index contributed by atoms with van der Waals surface area (Å²) in [5.74, 6) is 0. The summed E-state index contributed by atoms with van der Waals surface area (Å²) < 4.78 is 2.94. The van der Waals surface area contributed by atoms with Gasteiger partial charge in [0.2, 0.25) is 0 Å². The Bertz CT molecular complexity index is 63.9. The summed E-state index contributed by atoms with van der Waals surface area (Å²) in [7, 11) is 1.24. The van der Waals surface area contributed by atoms with Crippen LogP contribution < -0.4 is 9.86 Å². The van der Waals surface area contributed by atoms with Crippen molar-refractivity contribution in [3.8, 4) is 0 Å². The van der Waals surface area contributed by atoms with Crippen molar-refractivity contribution in [2.24, 2.45) is 5.14 Å². The average Bonchev–Trinajstić information content (AvgIpc) is 1.86. The lowest BCUT2D eigenvalue weighted by molar-refractivity contribution is 1.43. The number of hydrogen-bond acceptors (Lipinski definition) is 3. The maximum atomic E-state index is 5.39. The molecule has 1 unspecified atom stereocenters. The van der Waals surface area contributed by atoms with Gasteiger partial charge in [-0.15, -0.1) is 0 Å². The summed E-state index contributed by atoms with van der Waals surface area (Å²) in [4.78, 5) is 0. The molecule has 36 valence electrons. The van der Waals surface area contributed by atoms with Crippen LogP contribution in [0.2, 0.25) is 0 Å². The number of hydrogen-bond donors (Lipinski definition) is 3. The first-order valence-electron chi connectivity index (χ1n) is 1.52. The van der Waals surface area contributed by atoms with E-state index in [9.17, 15) is 0 Å². The molecular weight excluding hydrogens is 116 g/mol. The fraction of sp³-hybridized carbons (Fsp3) is 0. The number of nitrogens with one attached hydrogen (secondary N) is 1. The van der Waals surface area contributed by atoms with Gasteiger partial charge >= 0.3 is 0 Å². The van der Waals surface area contributed by atoms with E-state index in [-0.39, 0.29) is 0 Å². The molecule has 0 aromatic rings. The third-order valence-corrected chi connectivity index (χ3v) is 2.70. The molecule has 1 heterocycles. The highest BCUT2D eigenvalue weighted by Crippen LogP contribution is 2.33. The summed E-state index contributed by atoms with van der Waals surface area (Å²) in [5, 5.41) is 7.35. The molecule has 0 amide bonds. The van der Waals surface area contributed by atoms with Crippen LogP contribution in [-0.4, -0.2) is 0 Å². The number of nitrogens with two attached hydrogens (primary N) is 1. The Kier molecular flexibility index (Phi) is 1.29. The molecule has 4 heteroatoms. The molecule has 0 aromatic heterocycles. The summed E-state index contributed by atoms with van der Waals surface area (Å²) >= 11 is 0. The van der Waals surface area contributed by atoms with Gasteiger partial charge in [0.05, 0.1) is 0 Å². The molecule has 0 radical (unpaired) electrons. The molecule has 0 fully saturated rings. The Morgan fingerprint density at radius 2 is 2.67 bits per heavy atom. The van der Waals surface area contributed by atoms with Crippen molar-refractivity contribution in [2.45, 2.75) is 0 Å². The minimum absolute atomic E-state index is 0.409. The van der Waals surface area contributed by atoms with Crippen LogP contribution in [0.1, 0.15) is 0 Å². The van der Waals surface area contributed by atoms with E-state index < -0.39 is 10.3 Å². The maximum Gasteiger partial charge on any atom is 0.0145 e. The first kappa shape index (κ1) is 4.36. The van der Waals surface area contributed by atoms with E-state index >= 15 is 0 Å². The lowest BCUT2D eigenvalue weighted by Gasteiger charge is -2.03. The van der Waals surface area contributed by atoms with Gasteiger partial charge in [-0.05, 0) is 5.41 Å². The van der Waals surface area contributed by atoms with E-state index in [2.05, 4.69) is 4.72 Å². The van der Waals surface area contributed by atoms with Crippen molar-refractivity contribution >= 4 is 21.1 Å². The zero-order valence-electron chi connectivity index (χ0n) is 3.09. The van der Waals surface area contributed by atoms with Gasteiger partial charge in [0.15, 0.2) is 0 Å². The van der Waals surface area contributed by atoms with Crippen molar-refractivity contribution in [1.82, 2.24) is 4.72 Å². The molecule has 0 spiro atoms. The SMILES string of the molecule is N[SH]1NC=CS1. The zero-order chi connectivity index (χ0) is 4.41. The molecule has 1 aliphatic heterocycles. The molecule has 1 aliphatic rings. The highest BCUT2D eigenvalue weighted by Gasteiger charge is 1.93. The van der Waals surface area contributed by atoms with Crippen LogP contribution in [0.25, 0.3) is 0 Å². The van der Waals surface area contributed by atoms with E-state index in [1.165, 1.54) is 0 Å². The first-order valence-corrected chi connectivity index (χ1v) is 4.42. The van der Waals surface area contributed by atoms with Gasteiger partial charge in [-0.3, -0.25) is 5.14 Å². The summed E-state index contributed by atoms with van der Waals surface area (Å²) in [6.07, 6.45) is 1.87. The fourth-order valence-electron chi connectivity index (χ4n) is 0.230. The quantitative estimate of drug-likeness (QED) is 0.323. The van der Waals surface area contributed by atoms with Gasteiger partial charge in [0.1, 0.15) is 0 Å². The molecular formula is C2H6N2S2. The molecule has 0 saturated carbocycles. The Balaban J connectivity index is 2.32. The molecule has 1 atom stereocenters. The van der Waals surface area contributed by atoms with E-state index in [0.29, 0.717) is 0 Å². The van der Waals surface area contributed by atoms with Crippen LogP contribution in [0.3, 0.4) is 0 Å². The lowest BCUT2D eigenvalue weighted by Crippen LogP contribution is -1.99. The van der Waals surface area contributed by atoms with Crippen LogP contribution in [0.15, 0.2) is 11.6 Å². The Morgan fingerprint density at radius 3 is 2.83 bits per heavy atom. The van der Waals surface area contributed by atoms with Gasteiger partial charge in [0, 0.05) is 6.20 Å². The van der Waals surface area contributed by atoms with Gasteiger partial charge in [-0.1, -0.05) is 21.1 Å². The third kappa shape index (κ3) is 0.830. The van der Waals surface area contributed by atoms with Crippen LogP contribution in [0, 0.1) is 0 Å². The van der Waals surface area contributed by atoms with Crippen molar-refractivity contribution in [3.63, 3.8) is 0 Å². The number of thiol groups is 1. The first-order chi connectivity index (χ1) is 2.89. The zero-order valence-corrected chi connectivity index (χ0v) is 4.80. The summed E-state index contributed by atoms with van der Waals surface area (Å²) in [5.41, 5.74) is 0. The van der Waals surface area contributed by atoms with Gasteiger partial charge in [0.25, 0.3) is 0 Å². The van der Waals surface area contributed by atoms with Crippen LogP contribution in [0.5, 0.6) is 0 Å². The van der Waals surface area contributed by atoms with Crippen LogP contribution >= 0.6 is 21.1 Å². The Hall–Kier alpha value is 0.200. The largest absolute Gasteiger partial charge is 0.336 e. The van der Waals surface area contributed by atoms with Crippen molar-refractivity contribution in [3.05, 3.63) is 11.6 Å². The van der Waals surface area contributed by atoms with Crippen molar-refractivity contribution in [2.75, 3.05) is 0 Å². The second-order valence-corrected chi connectivity index (χ2v) is 4.07. The van der Waals surface area contributed by atoms with Crippen LogP contribution in [0.4, 0.5) is 0 Å². The van der Waals surface area contributed by atoms with E-state index in [4.69, 9.17) is 5.14 Å². The second-order valence-electron chi connectivity index (χ2n) is 0.863. The Morgan fingerprint density at radius 1 is 1.83 bits per heavy atom. The van der Waals surface area contributed by atoms with Gasteiger partial charge < -0.3 is 4.72 Å². The predicted molar refractivity (Wildman–Crippen MR) is 33.0 cm³/mol. The highest BCUT2D eigenvalue weighted by atomic mass is 33.1. The molecule has 3 N–H and O–H groups in total. The number of rotatable bonds is 0. The molecule has 2 nitrogen and oxygen atoms in total. The molecule has 0 aliphatic carbocycles. The standard InChI is InChI=1S/C2H6N2S2/c3-6-4-1-2-5-6/h1-2,4,6H,3H2. The average molecular weight is 122 g/mol. The molecule has 6 heavy (non-hydrogen) atoms. The Labute approximate surface area is 43.2 Å². The van der Waals surface area contributed by atoms with Gasteiger partial charge in [-0.25, -0.2) is 0 Å². The van der Waals surface area contributed by atoms with Crippen molar-refractivity contribution in [1.29, 1.82) is 0 Å². The minimum Gasteiger partial charge on any atom is -0.336 e. The van der Waals surface area contributed by atoms with E-state index in [1.54, 1.807) is 10.8 Å². The summed E-state index contributed by atoms with van der Waals surface area (Å²) in [6.45, 7) is 0. The van der Waals surface area contributed by atoms with E-state index in [1.807, 2.05) is 11.6 Å². The smallest absolute Gasteiger partial charge is 0.0145 e. The monoisotopic (exact) mass is 122 g/mol. The predicted octanol–water partition coefficient (Wildman–Crippen LogP) is 0.499. The van der Waals surface area contributed by atoms with Gasteiger partial charge in [-0.2, -0.15) is 0 Å². The third-order valence-electron chi connectivity index (χ3n) is 0.444. The lowest BCUT2D eigenvalue weighted by atomic mass is 11.1. The molecule has 0 saturated heterocycles. The minimum atomic E-state index is -0.409. The normalized spacial score (nSPS) is 36.5. The molecule has 1 rings (SSSR count).